The molecule has 0 spiro atoms. The van der Waals surface area contributed by atoms with E-state index >= 15 is 0 Å². The molecule has 0 amide bonds. The molecule has 0 aromatic heterocycles. The molecule has 106 valence electrons. The maximum atomic E-state index is 5.61. The van der Waals surface area contributed by atoms with E-state index in [2.05, 4.69) is 29.2 Å². The molecular formula is C14H29N3O. The molecular weight excluding hydrogens is 226 g/mol. The molecule has 1 atom stereocenters. The smallest absolute Gasteiger partial charge is 0.0700 e. The highest BCUT2D eigenvalue weighted by molar-refractivity contribution is 4.77. The highest BCUT2D eigenvalue weighted by atomic mass is 16.5. The van der Waals surface area contributed by atoms with Gasteiger partial charge in [0.2, 0.25) is 0 Å². The van der Waals surface area contributed by atoms with Crippen molar-refractivity contribution in [2.75, 3.05) is 53.4 Å². The Balaban J connectivity index is 1.52. The lowest BCUT2D eigenvalue weighted by atomic mass is 10.0. The number of likely N-dealkylation sites (tertiary alicyclic amines) is 1. The lowest BCUT2D eigenvalue weighted by Gasteiger charge is -2.35. The second-order valence-corrected chi connectivity index (χ2v) is 5.85. The molecule has 0 aromatic rings. The van der Waals surface area contributed by atoms with Crippen LogP contribution in [-0.2, 0) is 4.74 Å². The first-order chi connectivity index (χ1) is 8.75. The fourth-order valence-electron chi connectivity index (χ4n) is 2.94. The molecule has 2 rings (SSSR count). The Morgan fingerprint density at radius 2 is 2.06 bits per heavy atom. The van der Waals surface area contributed by atoms with E-state index in [9.17, 15) is 0 Å². The van der Waals surface area contributed by atoms with E-state index in [1.54, 1.807) is 0 Å². The molecule has 2 fully saturated rings. The number of nitrogens with zero attached hydrogens (tertiary/aromatic N) is 2. The van der Waals surface area contributed by atoms with Crippen molar-refractivity contribution >= 4 is 0 Å². The number of ether oxygens (including phenoxy) is 1. The lowest BCUT2D eigenvalue weighted by Crippen LogP contribution is -2.44. The van der Waals surface area contributed by atoms with E-state index in [0.717, 1.165) is 32.3 Å². The zero-order valence-electron chi connectivity index (χ0n) is 12.0. The minimum atomic E-state index is 0.471. The molecule has 1 unspecified atom stereocenters. The van der Waals surface area contributed by atoms with Crippen molar-refractivity contribution in [2.24, 2.45) is 0 Å². The topological polar surface area (TPSA) is 27.7 Å². The van der Waals surface area contributed by atoms with Crippen LogP contribution in [-0.4, -0.2) is 75.4 Å². The predicted octanol–water partition coefficient (Wildman–Crippen LogP) is 0.781. The molecule has 0 bridgehead atoms. The van der Waals surface area contributed by atoms with Crippen LogP contribution in [0, 0.1) is 0 Å². The number of hydrogen-bond acceptors (Lipinski definition) is 4. The minimum absolute atomic E-state index is 0.471. The van der Waals surface area contributed by atoms with Gasteiger partial charge in [0.1, 0.15) is 0 Å². The summed E-state index contributed by atoms with van der Waals surface area (Å²) < 4.78 is 5.61. The van der Waals surface area contributed by atoms with Crippen LogP contribution in [0.15, 0.2) is 0 Å². The molecule has 1 N–H and O–H groups in total. The first-order valence-corrected chi connectivity index (χ1v) is 7.47. The van der Waals surface area contributed by atoms with Gasteiger partial charge in [-0.15, -0.1) is 0 Å². The molecule has 4 heteroatoms. The SMILES string of the molecule is CN1CCC(N(C)CCNCC2CCCO2)CC1. The van der Waals surface area contributed by atoms with Crippen LogP contribution in [0.5, 0.6) is 0 Å². The van der Waals surface area contributed by atoms with Gasteiger partial charge in [-0.25, -0.2) is 0 Å². The molecule has 0 radical (unpaired) electrons. The van der Waals surface area contributed by atoms with Gasteiger partial charge >= 0.3 is 0 Å². The zero-order chi connectivity index (χ0) is 12.8. The Morgan fingerprint density at radius 3 is 2.72 bits per heavy atom. The Hall–Kier alpha value is -0.160. The van der Waals surface area contributed by atoms with Crippen LogP contribution >= 0.6 is 0 Å². The average Bonchev–Trinajstić information content (AvgIpc) is 2.88. The number of rotatable bonds is 6. The second kappa shape index (κ2) is 7.43. The van der Waals surface area contributed by atoms with Gasteiger partial charge in [-0.1, -0.05) is 0 Å². The van der Waals surface area contributed by atoms with Crippen LogP contribution in [0.1, 0.15) is 25.7 Å². The monoisotopic (exact) mass is 255 g/mol. The summed E-state index contributed by atoms with van der Waals surface area (Å²) in [6, 6.07) is 0.783. The minimum Gasteiger partial charge on any atom is -0.377 e. The summed E-state index contributed by atoms with van der Waals surface area (Å²) in [5, 5.41) is 3.53. The average molecular weight is 255 g/mol. The van der Waals surface area contributed by atoms with Crippen molar-refractivity contribution < 1.29 is 4.74 Å². The van der Waals surface area contributed by atoms with Crippen LogP contribution in [0.4, 0.5) is 0 Å². The Kier molecular flexibility index (Phi) is 5.89. The molecule has 0 saturated carbocycles. The molecule has 2 aliphatic heterocycles. The maximum Gasteiger partial charge on any atom is 0.0700 e. The number of piperidine rings is 1. The van der Waals surface area contributed by atoms with E-state index in [4.69, 9.17) is 4.74 Å². The zero-order valence-corrected chi connectivity index (χ0v) is 12.0. The summed E-state index contributed by atoms with van der Waals surface area (Å²) in [5.41, 5.74) is 0. The second-order valence-electron chi connectivity index (χ2n) is 5.85. The third-order valence-electron chi connectivity index (χ3n) is 4.35. The van der Waals surface area contributed by atoms with Crippen molar-refractivity contribution in [1.82, 2.24) is 15.1 Å². The van der Waals surface area contributed by atoms with E-state index in [1.807, 2.05) is 0 Å². The quantitative estimate of drug-likeness (QED) is 0.710. The summed E-state index contributed by atoms with van der Waals surface area (Å²) in [7, 11) is 4.49. The van der Waals surface area contributed by atoms with Crippen molar-refractivity contribution in [1.29, 1.82) is 0 Å². The molecule has 2 heterocycles. The van der Waals surface area contributed by atoms with Crippen LogP contribution in [0.2, 0.25) is 0 Å². The van der Waals surface area contributed by atoms with Crippen LogP contribution < -0.4 is 5.32 Å². The fourth-order valence-corrected chi connectivity index (χ4v) is 2.94. The van der Waals surface area contributed by atoms with Gasteiger partial charge in [0, 0.05) is 32.3 Å². The molecule has 0 aromatic carbocycles. The first-order valence-electron chi connectivity index (χ1n) is 7.47. The van der Waals surface area contributed by atoms with Crippen molar-refractivity contribution in [2.45, 2.75) is 37.8 Å². The highest BCUT2D eigenvalue weighted by Gasteiger charge is 2.20. The van der Waals surface area contributed by atoms with Gasteiger partial charge in [-0.2, -0.15) is 0 Å². The summed E-state index contributed by atoms with van der Waals surface area (Å²) >= 11 is 0. The molecule has 2 aliphatic rings. The van der Waals surface area contributed by atoms with E-state index in [-0.39, 0.29) is 0 Å². The largest absolute Gasteiger partial charge is 0.377 e. The van der Waals surface area contributed by atoms with E-state index < -0.39 is 0 Å². The van der Waals surface area contributed by atoms with E-state index in [1.165, 1.54) is 38.8 Å². The van der Waals surface area contributed by atoms with Gasteiger partial charge in [0.05, 0.1) is 6.10 Å². The summed E-state index contributed by atoms with van der Waals surface area (Å²) in [6.07, 6.45) is 5.58. The van der Waals surface area contributed by atoms with Gasteiger partial charge in [0.25, 0.3) is 0 Å². The van der Waals surface area contributed by atoms with Gasteiger partial charge in [0.15, 0.2) is 0 Å². The molecule has 18 heavy (non-hydrogen) atoms. The number of hydrogen-bond donors (Lipinski definition) is 1. The van der Waals surface area contributed by atoms with Gasteiger partial charge in [-0.3, -0.25) is 0 Å². The van der Waals surface area contributed by atoms with E-state index in [0.29, 0.717) is 6.10 Å². The third-order valence-corrected chi connectivity index (χ3v) is 4.35. The normalized spacial score (nSPS) is 27.2. The standard InChI is InChI=1S/C14H29N3O/c1-16-8-5-13(6-9-16)17(2)10-7-15-12-14-4-3-11-18-14/h13-15H,3-12H2,1-2H3. The third kappa shape index (κ3) is 4.50. The maximum absolute atomic E-state index is 5.61. The fraction of sp³-hybridized carbons (Fsp3) is 1.00. The highest BCUT2D eigenvalue weighted by Crippen LogP contribution is 2.13. The van der Waals surface area contributed by atoms with Gasteiger partial charge in [-0.05, 0) is 52.9 Å². The summed E-state index contributed by atoms with van der Waals surface area (Å²) in [4.78, 5) is 4.95. The molecule has 4 nitrogen and oxygen atoms in total. The van der Waals surface area contributed by atoms with Crippen molar-refractivity contribution in [3.8, 4) is 0 Å². The summed E-state index contributed by atoms with van der Waals surface area (Å²) in [6.45, 7) is 6.73. The van der Waals surface area contributed by atoms with Crippen LogP contribution in [0.25, 0.3) is 0 Å². The van der Waals surface area contributed by atoms with Crippen molar-refractivity contribution in [3.05, 3.63) is 0 Å². The Bertz CT molecular complexity index is 223. The predicted molar refractivity (Wildman–Crippen MR) is 75.0 cm³/mol. The molecule has 2 saturated heterocycles. The number of likely N-dealkylation sites (N-methyl/N-ethyl adjacent to an activating group) is 1. The van der Waals surface area contributed by atoms with Gasteiger partial charge < -0.3 is 19.9 Å². The lowest BCUT2D eigenvalue weighted by molar-refractivity contribution is 0.107. The Morgan fingerprint density at radius 1 is 1.28 bits per heavy atom. The van der Waals surface area contributed by atoms with Crippen LogP contribution in [0.3, 0.4) is 0 Å². The summed E-state index contributed by atoms with van der Waals surface area (Å²) in [5.74, 6) is 0. The molecule has 0 aliphatic carbocycles. The first kappa shape index (κ1) is 14.3. The number of nitrogens with one attached hydrogen (secondary N) is 1. The Labute approximate surface area is 112 Å². The van der Waals surface area contributed by atoms with Crippen molar-refractivity contribution in [3.63, 3.8) is 0 Å².